The van der Waals surface area contributed by atoms with Crippen molar-refractivity contribution in [2.75, 3.05) is 20.8 Å². The minimum atomic E-state index is -0.696. The molecule has 1 aromatic heterocycles. The number of hydrogen-bond acceptors (Lipinski definition) is 5. The molecule has 0 aliphatic carbocycles. The number of aryl methyl sites for hydroxylation is 1. The second kappa shape index (κ2) is 8.73. The first-order valence-electron chi connectivity index (χ1n) is 9.03. The summed E-state index contributed by atoms with van der Waals surface area (Å²) in [7, 11) is 2.84. The van der Waals surface area contributed by atoms with Gasteiger partial charge in [0, 0.05) is 23.4 Å². The number of esters is 1. The maximum Gasteiger partial charge on any atom is 0.354 e. The topological polar surface area (TPSA) is 88.7 Å². The van der Waals surface area contributed by atoms with Crippen LogP contribution in [0.1, 0.15) is 56.3 Å². The fraction of sp³-hybridized carbons (Fsp3) is 0.381. The molecule has 1 atom stereocenters. The normalized spacial score (nSPS) is 11.6. The van der Waals surface area contributed by atoms with Crippen molar-refractivity contribution >= 4 is 17.7 Å². The highest BCUT2D eigenvalue weighted by Crippen LogP contribution is 2.23. The average Bonchev–Trinajstić information content (AvgIpc) is 3.01. The zero-order valence-electron chi connectivity index (χ0n) is 17.1. The molecule has 1 heterocycles. The van der Waals surface area contributed by atoms with Crippen molar-refractivity contribution in [1.82, 2.24) is 9.88 Å². The van der Waals surface area contributed by atoms with E-state index in [1.807, 2.05) is 6.92 Å². The standard InChI is InChI=1S/C21H26N2O5/c1-7-23(20(25)15-8-10-16(27-5)11-9-15)14(4)19(24)17-12(2)18(21(26)28-6)22-13(17)3/h8-11,14,22H,7H2,1-6H3/t14-/m0/s1. The number of carbonyl (C=O) groups is 3. The Hall–Kier alpha value is -3.09. The third kappa shape index (κ3) is 3.93. The molecular formula is C21H26N2O5. The van der Waals surface area contributed by atoms with Crippen molar-refractivity contribution in [3.8, 4) is 5.75 Å². The Balaban J connectivity index is 2.33. The maximum atomic E-state index is 13.2. The number of nitrogens with zero attached hydrogens (tertiary/aromatic N) is 1. The lowest BCUT2D eigenvalue weighted by molar-refractivity contribution is 0.0593. The molecular weight excluding hydrogens is 360 g/mol. The van der Waals surface area contributed by atoms with E-state index < -0.39 is 12.0 Å². The van der Waals surface area contributed by atoms with Gasteiger partial charge < -0.3 is 19.4 Å². The number of ether oxygens (including phenoxy) is 2. The van der Waals surface area contributed by atoms with Crippen LogP contribution >= 0.6 is 0 Å². The average molecular weight is 386 g/mol. The van der Waals surface area contributed by atoms with E-state index in [9.17, 15) is 14.4 Å². The minimum Gasteiger partial charge on any atom is -0.497 e. The Morgan fingerprint density at radius 3 is 2.21 bits per heavy atom. The number of Topliss-reactive ketones (excluding diaryl/α,β-unsaturated/α-hetero) is 1. The molecule has 1 N–H and O–H groups in total. The van der Waals surface area contributed by atoms with Gasteiger partial charge in [0.2, 0.25) is 0 Å². The van der Waals surface area contributed by atoms with Crippen LogP contribution in [0.4, 0.5) is 0 Å². The van der Waals surface area contributed by atoms with E-state index >= 15 is 0 Å². The number of benzene rings is 1. The van der Waals surface area contributed by atoms with Gasteiger partial charge in [-0.1, -0.05) is 0 Å². The first-order chi connectivity index (χ1) is 13.3. The van der Waals surface area contributed by atoms with Crippen LogP contribution in [-0.4, -0.2) is 54.3 Å². The molecule has 0 aliphatic heterocycles. The van der Waals surface area contributed by atoms with Crippen LogP contribution in [0.3, 0.4) is 0 Å². The van der Waals surface area contributed by atoms with Crippen molar-refractivity contribution in [2.45, 2.75) is 33.7 Å². The van der Waals surface area contributed by atoms with Crippen molar-refractivity contribution in [1.29, 1.82) is 0 Å². The molecule has 0 fully saturated rings. The SMILES string of the molecule is CCN(C(=O)c1ccc(OC)cc1)[C@@H](C)C(=O)c1c(C)[nH]c(C(=O)OC)c1C. The molecule has 1 aromatic carbocycles. The third-order valence-electron chi connectivity index (χ3n) is 4.86. The van der Waals surface area contributed by atoms with Gasteiger partial charge in [-0.05, 0) is 57.5 Å². The molecule has 0 saturated heterocycles. The van der Waals surface area contributed by atoms with Gasteiger partial charge in [0.15, 0.2) is 5.78 Å². The molecule has 7 nitrogen and oxygen atoms in total. The summed E-state index contributed by atoms with van der Waals surface area (Å²) in [6.07, 6.45) is 0. The van der Waals surface area contributed by atoms with Gasteiger partial charge in [-0.2, -0.15) is 0 Å². The monoisotopic (exact) mass is 386 g/mol. The Morgan fingerprint density at radius 2 is 1.71 bits per heavy atom. The van der Waals surface area contributed by atoms with Gasteiger partial charge in [-0.3, -0.25) is 9.59 Å². The van der Waals surface area contributed by atoms with Crippen LogP contribution in [0.2, 0.25) is 0 Å². The quantitative estimate of drug-likeness (QED) is 0.583. The number of methoxy groups -OCH3 is 2. The summed E-state index contributed by atoms with van der Waals surface area (Å²) < 4.78 is 9.87. The molecule has 0 bridgehead atoms. The fourth-order valence-electron chi connectivity index (χ4n) is 3.27. The third-order valence-corrected chi connectivity index (χ3v) is 4.86. The Bertz CT molecular complexity index is 883. The number of hydrogen-bond donors (Lipinski definition) is 1. The molecule has 150 valence electrons. The van der Waals surface area contributed by atoms with Crippen LogP contribution in [-0.2, 0) is 4.74 Å². The lowest BCUT2D eigenvalue weighted by Crippen LogP contribution is -2.43. The second-order valence-corrected chi connectivity index (χ2v) is 6.48. The minimum absolute atomic E-state index is 0.231. The number of aromatic amines is 1. The van der Waals surface area contributed by atoms with Gasteiger partial charge in [-0.25, -0.2) is 4.79 Å². The molecule has 0 unspecified atom stereocenters. The lowest BCUT2D eigenvalue weighted by Gasteiger charge is -2.27. The summed E-state index contributed by atoms with van der Waals surface area (Å²) in [6.45, 7) is 7.29. The van der Waals surface area contributed by atoms with E-state index in [-0.39, 0.29) is 17.4 Å². The summed E-state index contributed by atoms with van der Waals surface area (Å²) in [6, 6.07) is 6.05. The van der Waals surface area contributed by atoms with Gasteiger partial charge >= 0.3 is 5.97 Å². The fourth-order valence-corrected chi connectivity index (χ4v) is 3.27. The van der Waals surface area contributed by atoms with E-state index in [0.29, 0.717) is 34.7 Å². The van der Waals surface area contributed by atoms with Crippen molar-refractivity contribution in [3.05, 3.63) is 52.3 Å². The number of aromatic nitrogens is 1. The van der Waals surface area contributed by atoms with E-state index in [0.717, 1.165) is 0 Å². The first-order valence-corrected chi connectivity index (χ1v) is 9.03. The number of rotatable bonds is 7. The van der Waals surface area contributed by atoms with Crippen LogP contribution in [0, 0.1) is 13.8 Å². The van der Waals surface area contributed by atoms with Crippen LogP contribution in [0.15, 0.2) is 24.3 Å². The number of H-pyrrole nitrogens is 1. The zero-order valence-corrected chi connectivity index (χ0v) is 17.1. The van der Waals surface area contributed by atoms with E-state index in [4.69, 9.17) is 9.47 Å². The molecule has 1 amide bonds. The number of ketones is 1. The molecule has 7 heteroatoms. The van der Waals surface area contributed by atoms with Gasteiger partial charge in [0.05, 0.1) is 20.3 Å². The highest BCUT2D eigenvalue weighted by molar-refractivity contribution is 6.07. The van der Waals surface area contributed by atoms with E-state index in [1.165, 1.54) is 12.0 Å². The highest BCUT2D eigenvalue weighted by Gasteiger charge is 2.30. The summed E-state index contributed by atoms with van der Waals surface area (Å²) in [5.41, 5.74) is 2.23. The summed E-state index contributed by atoms with van der Waals surface area (Å²) >= 11 is 0. The molecule has 2 aromatic rings. The maximum absolute atomic E-state index is 13.2. The lowest BCUT2D eigenvalue weighted by atomic mass is 9.99. The Labute approximate surface area is 164 Å². The summed E-state index contributed by atoms with van der Waals surface area (Å²) in [5, 5.41) is 0. The second-order valence-electron chi connectivity index (χ2n) is 6.48. The van der Waals surface area contributed by atoms with Gasteiger partial charge in [0.25, 0.3) is 5.91 Å². The largest absolute Gasteiger partial charge is 0.497 e. The predicted octanol–water partition coefficient (Wildman–Crippen LogP) is 3.16. The molecule has 28 heavy (non-hydrogen) atoms. The molecule has 0 radical (unpaired) electrons. The number of likely N-dealkylation sites (N-methyl/N-ethyl adjacent to an activating group) is 1. The number of nitrogens with one attached hydrogen (secondary N) is 1. The Kier molecular flexibility index (Phi) is 6.62. The summed E-state index contributed by atoms with van der Waals surface area (Å²) in [4.78, 5) is 42.4. The smallest absolute Gasteiger partial charge is 0.354 e. The molecule has 2 rings (SSSR count). The Morgan fingerprint density at radius 1 is 1.11 bits per heavy atom. The van der Waals surface area contributed by atoms with Gasteiger partial charge in [-0.15, -0.1) is 0 Å². The van der Waals surface area contributed by atoms with E-state index in [1.54, 1.807) is 52.1 Å². The van der Waals surface area contributed by atoms with Crippen molar-refractivity contribution < 1.29 is 23.9 Å². The predicted molar refractivity (Wildman–Crippen MR) is 105 cm³/mol. The van der Waals surface area contributed by atoms with Crippen LogP contribution in [0.25, 0.3) is 0 Å². The molecule has 0 aliphatic rings. The van der Waals surface area contributed by atoms with E-state index in [2.05, 4.69) is 4.98 Å². The molecule has 0 spiro atoms. The molecule has 0 saturated carbocycles. The van der Waals surface area contributed by atoms with Crippen LogP contribution < -0.4 is 4.74 Å². The highest BCUT2D eigenvalue weighted by atomic mass is 16.5. The van der Waals surface area contributed by atoms with Gasteiger partial charge in [0.1, 0.15) is 11.4 Å². The van der Waals surface area contributed by atoms with Crippen molar-refractivity contribution in [2.24, 2.45) is 0 Å². The van der Waals surface area contributed by atoms with Crippen LogP contribution in [0.5, 0.6) is 5.75 Å². The summed E-state index contributed by atoms with van der Waals surface area (Å²) in [5.74, 6) is -0.359. The zero-order chi connectivity index (χ0) is 21.0. The number of carbonyl (C=O) groups excluding carboxylic acids is 3. The van der Waals surface area contributed by atoms with Crippen molar-refractivity contribution in [3.63, 3.8) is 0 Å². The number of amides is 1. The first kappa shape index (κ1) is 21.2.